The molecule has 2 heterocycles. The molecule has 1 aromatic heterocycles. The second-order valence-corrected chi connectivity index (χ2v) is 7.14. The van der Waals surface area contributed by atoms with E-state index >= 15 is 0 Å². The van der Waals surface area contributed by atoms with Gasteiger partial charge in [0.2, 0.25) is 0 Å². The first-order valence-corrected chi connectivity index (χ1v) is 9.28. The van der Waals surface area contributed by atoms with Crippen molar-refractivity contribution in [3.63, 3.8) is 0 Å². The Morgan fingerprint density at radius 2 is 2.25 bits per heavy atom. The van der Waals surface area contributed by atoms with Crippen molar-refractivity contribution in [3.05, 3.63) is 18.7 Å². The SMILES string of the molecule is CN=C(NCCCOCC1CC1)N1CCC(C)C(n2ccnc2)C1. The molecule has 1 saturated carbocycles. The number of imidazole rings is 1. The zero-order chi connectivity index (χ0) is 16.8. The lowest BCUT2D eigenvalue weighted by Gasteiger charge is -2.39. The highest BCUT2D eigenvalue weighted by atomic mass is 16.5. The first kappa shape index (κ1) is 17.3. The first-order chi connectivity index (χ1) is 11.8. The van der Waals surface area contributed by atoms with E-state index in [1.54, 1.807) is 0 Å². The van der Waals surface area contributed by atoms with Crippen LogP contribution in [0.1, 0.15) is 38.6 Å². The number of likely N-dealkylation sites (tertiary alicyclic amines) is 1. The number of hydrogen-bond acceptors (Lipinski definition) is 3. The first-order valence-electron chi connectivity index (χ1n) is 9.28. The zero-order valence-corrected chi connectivity index (χ0v) is 15.0. The molecule has 6 nitrogen and oxygen atoms in total. The van der Waals surface area contributed by atoms with E-state index in [0.717, 1.165) is 51.1 Å². The third-order valence-corrected chi connectivity index (χ3v) is 5.14. The third-order valence-electron chi connectivity index (χ3n) is 5.14. The van der Waals surface area contributed by atoms with Crippen LogP contribution in [-0.2, 0) is 4.74 Å². The Morgan fingerprint density at radius 1 is 1.38 bits per heavy atom. The van der Waals surface area contributed by atoms with Crippen LogP contribution in [0, 0.1) is 11.8 Å². The van der Waals surface area contributed by atoms with Crippen LogP contribution in [0.4, 0.5) is 0 Å². The van der Waals surface area contributed by atoms with Crippen LogP contribution in [0.15, 0.2) is 23.7 Å². The van der Waals surface area contributed by atoms with Crippen LogP contribution in [0.5, 0.6) is 0 Å². The van der Waals surface area contributed by atoms with Gasteiger partial charge >= 0.3 is 0 Å². The number of piperidine rings is 1. The van der Waals surface area contributed by atoms with Crippen LogP contribution in [0.25, 0.3) is 0 Å². The fourth-order valence-electron chi connectivity index (χ4n) is 3.34. The van der Waals surface area contributed by atoms with Crippen molar-refractivity contribution in [1.29, 1.82) is 0 Å². The topological polar surface area (TPSA) is 54.7 Å². The largest absolute Gasteiger partial charge is 0.381 e. The smallest absolute Gasteiger partial charge is 0.193 e. The summed E-state index contributed by atoms with van der Waals surface area (Å²) in [6.45, 7) is 7.08. The monoisotopic (exact) mass is 333 g/mol. The predicted molar refractivity (Wildman–Crippen MR) is 96.1 cm³/mol. The second-order valence-electron chi connectivity index (χ2n) is 7.14. The molecular weight excluding hydrogens is 302 g/mol. The molecule has 24 heavy (non-hydrogen) atoms. The van der Waals surface area contributed by atoms with Crippen molar-refractivity contribution in [1.82, 2.24) is 19.8 Å². The van der Waals surface area contributed by atoms with Gasteiger partial charge in [0, 0.05) is 52.3 Å². The van der Waals surface area contributed by atoms with Crippen molar-refractivity contribution >= 4 is 5.96 Å². The number of rotatable bonds is 7. The van der Waals surface area contributed by atoms with Gasteiger partial charge < -0.3 is 19.5 Å². The Bertz CT molecular complexity index is 511. The lowest BCUT2D eigenvalue weighted by Crippen LogP contribution is -2.49. The lowest BCUT2D eigenvalue weighted by atomic mass is 9.93. The molecule has 2 fully saturated rings. The average molecular weight is 333 g/mol. The fourth-order valence-corrected chi connectivity index (χ4v) is 3.34. The summed E-state index contributed by atoms with van der Waals surface area (Å²) < 4.78 is 7.93. The molecule has 3 rings (SSSR count). The summed E-state index contributed by atoms with van der Waals surface area (Å²) in [5.41, 5.74) is 0. The maximum absolute atomic E-state index is 5.69. The third kappa shape index (κ3) is 4.72. The molecular formula is C18H31N5O. The van der Waals surface area contributed by atoms with Crippen LogP contribution in [0.2, 0.25) is 0 Å². The number of guanidine groups is 1. The van der Waals surface area contributed by atoms with Gasteiger partial charge in [0.05, 0.1) is 12.4 Å². The molecule has 0 bridgehead atoms. The molecule has 0 aromatic carbocycles. The minimum absolute atomic E-state index is 0.460. The number of aromatic nitrogens is 2. The van der Waals surface area contributed by atoms with Crippen LogP contribution >= 0.6 is 0 Å². The standard InChI is InChI=1S/C18H31N5O/c1-15-6-9-22(12-17(15)23-10-8-20-14-23)18(19-2)21-7-3-11-24-13-16-4-5-16/h8,10,14-17H,3-7,9,11-13H2,1-2H3,(H,19,21). The molecule has 1 aromatic rings. The lowest BCUT2D eigenvalue weighted by molar-refractivity contribution is 0.122. The van der Waals surface area contributed by atoms with E-state index in [9.17, 15) is 0 Å². The van der Waals surface area contributed by atoms with E-state index in [1.165, 1.54) is 19.3 Å². The Morgan fingerprint density at radius 3 is 2.96 bits per heavy atom. The molecule has 1 saturated heterocycles. The Labute approximate surface area is 145 Å². The quantitative estimate of drug-likeness (QED) is 0.472. The number of ether oxygens (including phenoxy) is 1. The van der Waals surface area contributed by atoms with Gasteiger partial charge in [-0.15, -0.1) is 0 Å². The van der Waals surface area contributed by atoms with E-state index in [0.29, 0.717) is 12.0 Å². The van der Waals surface area contributed by atoms with E-state index in [-0.39, 0.29) is 0 Å². The Balaban J connectivity index is 1.42. The fraction of sp³-hybridized carbons (Fsp3) is 0.778. The number of nitrogens with one attached hydrogen (secondary N) is 1. The Hall–Kier alpha value is -1.56. The number of aliphatic imine (C=N–C) groups is 1. The molecule has 0 radical (unpaired) electrons. The van der Waals surface area contributed by atoms with Gasteiger partial charge in [0.25, 0.3) is 0 Å². The molecule has 1 aliphatic heterocycles. The molecule has 2 unspecified atom stereocenters. The number of nitrogens with zero attached hydrogens (tertiary/aromatic N) is 4. The molecule has 1 N–H and O–H groups in total. The van der Waals surface area contributed by atoms with E-state index in [4.69, 9.17) is 4.74 Å². The van der Waals surface area contributed by atoms with E-state index in [2.05, 4.69) is 37.9 Å². The maximum Gasteiger partial charge on any atom is 0.193 e. The van der Waals surface area contributed by atoms with Crippen molar-refractivity contribution < 1.29 is 4.74 Å². The highest BCUT2D eigenvalue weighted by Gasteiger charge is 2.28. The normalized spacial score (nSPS) is 25.1. The molecule has 134 valence electrons. The average Bonchev–Trinajstić information content (AvgIpc) is 3.26. The van der Waals surface area contributed by atoms with Gasteiger partial charge in [-0.05, 0) is 37.5 Å². The van der Waals surface area contributed by atoms with Gasteiger partial charge in [0.15, 0.2) is 5.96 Å². The predicted octanol–water partition coefficient (Wildman–Crippen LogP) is 2.16. The van der Waals surface area contributed by atoms with Crippen LogP contribution in [0.3, 0.4) is 0 Å². The van der Waals surface area contributed by atoms with Gasteiger partial charge in [0.1, 0.15) is 0 Å². The minimum atomic E-state index is 0.460. The van der Waals surface area contributed by atoms with Gasteiger partial charge in [-0.1, -0.05) is 6.92 Å². The van der Waals surface area contributed by atoms with Crippen LogP contribution in [-0.4, -0.2) is 60.3 Å². The molecule has 6 heteroatoms. The maximum atomic E-state index is 5.69. The van der Waals surface area contributed by atoms with E-state index in [1.807, 2.05) is 19.6 Å². The van der Waals surface area contributed by atoms with Crippen molar-refractivity contribution in [2.75, 3.05) is 39.9 Å². The Kier molecular flexibility index (Phi) is 6.12. The summed E-state index contributed by atoms with van der Waals surface area (Å²) in [6.07, 6.45) is 10.8. The van der Waals surface area contributed by atoms with Crippen LogP contribution < -0.4 is 5.32 Å². The van der Waals surface area contributed by atoms with Crippen molar-refractivity contribution in [3.8, 4) is 0 Å². The van der Waals surface area contributed by atoms with Gasteiger partial charge in [-0.2, -0.15) is 0 Å². The summed E-state index contributed by atoms with van der Waals surface area (Å²) in [5, 5.41) is 3.49. The minimum Gasteiger partial charge on any atom is -0.381 e. The van der Waals surface area contributed by atoms with Crippen molar-refractivity contribution in [2.45, 2.75) is 38.6 Å². The zero-order valence-electron chi connectivity index (χ0n) is 15.0. The molecule has 0 spiro atoms. The molecule has 2 aliphatic rings. The van der Waals surface area contributed by atoms with Crippen molar-refractivity contribution in [2.24, 2.45) is 16.8 Å². The molecule has 0 amide bonds. The molecule has 1 aliphatic carbocycles. The summed E-state index contributed by atoms with van der Waals surface area (Å²) in [6, 6.07) is 0.460. The highest BCUT2D eigenvalue weighted by Crippen LogP contribution is 2.29. The number of hydrogen-bond donors (Lipinski definition) is 1. The summed E-state index contributed by atoms with van der Waals surface area (Å²) in [7, 11) is 1.87. The summed E-state index contributed by atoms with van der Waals surface area (Å²) in [5.74, 6) is 2.51. The summed E-state index contributed by atoms with van der Waals surface area (Å²) >= 11 is 0. The highest BCUT2D eigenvalue weighted by molar-refractivity contribution is 5.80. The summed E-state index contributed by atoms with van der Waals surface area (Å²) in [4.78, 5) is 11.0. The van der Waals surface area contributed by atoms with E-state index < -0.39 is 0 Å². The van der Waals surface area contributed by atoms with Gasteiger partial charge in [-0.3, -0.25) is 4.99 Å². The second kappa shape index (κ2) is 8.51. The molecule has 2 atom stereocenters. The van der Waals surface area contributed by atoms with Gasteiger partial charge in [-0.25, -0.2) is 4.98 Å².